The van der Waals surface area contributed by atoms with Gasteiger partial charge in [0.1, 0.15) is 5.75 Å². The van der Waals surface area contributed by atoms with Gasteiger partial charge < -0.3 is 4.74 Å². The molecule has 2 rings (SSSR count). The Morgan fingerprint density at radius 1 is 1.14 bits per heavy atom. The summed E-state index contributed by atoms with van der Waals surface area (Å²) in [7, 11) is 0. The average Bonchev–Trinajstić information content (AvgIpc) is 2.45. The molecule has 2 aromatic carbocycles. The quantitative estimate of drug-likeness (QED) is 0.700. The average molecular weight is 347 g/mol. The van der Waals surface area contributed by atoms with Gasteiger partial charge in [-0.15, -0.1) is 0 Å². The highest BCUT2D eigenvalue weighted by atomic mass is 79.9. The van der Waals surface area contributed by atoms with E-state index in [1.165, 1.54) is 0 Å². The van der Waals surface area contributed by atoms with E-state index in [1.807, 2.05) is 25.1 Å². The third kappa shape index (κ3) is 4.18. The maximum atomic E-state index is 12.2. The van der Waals surface area contributed by atoms with Crippen molar-refractivity contribution in [2.45, 2.75) is 26.7 Å². The predicted molar refractivity (Wildman–Crippen MR) is 89.2 cm³/mol. The van der Waals surface area contributed by atoms with E-state index in [-0.39, 0.29) is 12.4 Å². The van der Waals surface area contributed by atoms with Crippen molar-refractivity contribution in [3.8, 4) is 5.75 Å². The lowest BCUT2D eigenvalue weighted by Crippen LogP contribution is -2.12. The lowest BCUT2D eigenvalue weighted by atomic mass is 10.0. The van der Waals surface area contributed by atoms with Crippen LogP contribution in [0.25, 0.3) is 0 Å². The molecule has 0 unspecified atom stereocenters. The number of benzene rings is 2. The highest BCUT2D eigenvalue weighted by molar-refractivity contribution is 9.10. The van der Waals surface area contributed by atoms with Crippen LogP contribution in [-0.4, -0.2) is 12.4 Å². The molecule has 21 heavy (non-hydrogen) atoms. The number of halogens is 1. The molecule has 3 heteroatoms. The van der Waals surface area contributed by atoms with Crippen LogP contribution in [0.2, 0.25) is 0 Å². The fraction of sp³-hybridized carbons (Fsp3) is 0.278. The summed E-state index contributed by atoms with van der Waals surface area (Å²) in [5.74, 6) is 1.15. The highest BCUT2D eigenvalue weighted by Gasteiger charge is 2.11. The highest BCUT2D eigenvalue weighted by Crippen LogP contribution is 2.27. The van der Waals surface area contributed by atoms with Crippen molar-refractivity contribution >= 4 is 21.7 Å². The summed E-state index contributed by atoms with van der Waals surface area (Å²) in [5, 5.41) is 0. The first-order valence-electron chi connectivity index (χ1n) is 6.99. The third-order valence-corrected chi connectivity index (χ3v) is 3.84. The van der Waals surface area contributed by atoms with Crippen LogP contribution >= 0.6 is 15.9 Å². The molecule has 0 radical (unpaired) electrons. The molecule has 0 aliphatic rings. The van der Waals surface area contributed by atoms with Crippen LogP contribution in [-0.2, 0) is 0 Å². The van der Waals surface area contributed by atoms with Crippen LogP contribution in [0.1, 0.15) is 41.3 Å². The second kappa shape index (κ2) is 6.90. The molecule has 0 bridgehead atoms. The smallest absolute Gasteiger partial charge is 0.200 e. The molecule has 0 amide bonds. The van der Waals surface area contributed by atoms with Crippen molar-refractivity contribution in [1.29, 1.82) is 0 Å². The van der Waals surface area contributed by atoms with Crippen molar-refractivity contribution < 1.29 is 9.53 Å². The molecule has 110 valence electrons. The van der Waals surface area contributed by atoms with Crippen LogP contribution in [0.4, 0.5) is 0 Å². The van der Waals surface area contributed by atoms with Gasteiger partial charge in [-0.25, -0.2) is 0 Å². The molecule has 0 atom stereocenters. The number of ether oxygens (including phenoxy) is 1. The van der Waals surface area contributed by atoms with Crippen LogP contribution in [0.3, 0.4) is 0 Å². The minimum absolute atomic E-state index is 0.0151. The summed E-state index contributed by atoms with van der Waals surface area (Å²) in [6.07, 6.45) is 0. The van der Waals surface area contributed by atoms with Gasteiger partial charge in [-0.2, -0.15) is 0 Å². The minimum Gasteiger partial charge on any atom is -0.485 e. The van der Waals surface area contributed by atoms with E-state index in [9.17, 15) is 4.79 Å². The maximum Gasteiger partial charge on any atom is 0.200 e. The van der Waals surface area contributed by atoms with E-state index < -0.39 is 0 Å². The van der Waals surface area contributed by atoms with Crippen LogP contribution < -0.4 is 4.74 Å². The lowest BCUT2D eigenvalue weighted by Gasteiger charge is -2.14. The monoisotopic (exact) mass is 346 g/mol. The SMILES string of the molecule is Cc1ccc(C(C)C)c(OCC(=O)c2ccc(Br)cc2)c1. The van der Waals surface area contributed by atoms with Crippen molar-refractivity contribution in [2.24, 2.45) is 0 Å². The summed E-state index contributed by atoms with van der Waals surface area (Å²) < 4.78 is 6.72. The van der Waals surface area contributed by atoms with E-state index in [1.54, 1.807) is 12.1 Å². The Labute approximate surface area is 134 Å². The van der Waals surface area contributed by atoms with Crippen molar-refractivity contribution in [3.05, 3.63) is 63.6 Å². The van der Waals surface area contributed by atoms with E-state index in [0.29, 0.717) is 11.5 Å². The summed E-state index contributed by atoms with van der Waals surface area (Å²) in [6, 6.07) is 13.5. The normalized spacial score (nSPS) is 10.7. The molecule has 2 aromatic rings. The van der Waals surface area contributed by atoms with Gasteiger partial charge in [0, 0.05) is 10.0 Å². The fourth-order valence-corrected chi connectivity index (χ4v) is 2.37. The van der Waals surface area contributed by atoms with Crippen LogP contribution in [0.5, 0.6) is 5.75 Å². The number of hydrogen-bond acceptors (Lipinski definition) is 2. The standard InChI is InChI=1S/C18H19BrO2/c1-12(2)16-9-4-13(3)10-18(16)21-11-17(20)14-5-7-15(19)8-6-14/h4-10,12H,11H2,1-3H3. The molecular formula is C18H19BrO2. The van der Waals surface area contributed by atoms with E-state index in [4.69, 9.17) is 4.74 Å². The summed E-state index contributed by atoms with van der Waals surface area (Å²) in [4.78, 5) is 12.2. The first-order chi connectivity index (χ1) is 9.97. The van der Waals surface area contributed by atoms with Gasteiger partial charge in [0.25, 0.3) is 0 Å². The topological polar surface area (TPSA) is 26.3 Å². The molecule has 2 nitrogen and oxygen atoms in total. The molecular weight excluding hydrogens is 328 g/mol. The summed E-state index contributed by atoms with van der Waals surface area (Å²) in [6.45, 7) is 6.32. The van der Waals surface area contributed by atoms with Gasteiger partial charge in [-0.3, -0.25) is 4.79 Å². The number of hydrogen-bond donors (Lipinski definition) is 0. The maximum absolute atomic E-state index is 12.2. The Bertz CT molecular complexity index is 630. The van der Waals surface area contributed by atoms with Crippen molar-refractivity contribution in [3.63, 3.8) is 0 Å². The second-order valence-corrected chi connectivity index (χ2v) is 6.33. The Balaban J connectivity index is 2.10. The zero-order chi connectivity index (χ0) is 15.4. The number of Topliss-reactive ketones (excluding diaryl/α,β-unsaturated/α-hetero) is 1. The summed E-state index contributed by atoms with van der Waals surface area (Å²) >= 11 is 3.36. The zero-order valence-corrected chi connectivity index (χ0v) is 14.1. The molecule has 0 aliphatic heterocycles. The van der Waals surface area contributed by atoms with E-state index in [0.717, 1.165) is 21.3 Å². The lowest BCUT2D eigenvalue weighted by molar-refractivity contribution is 0.0920. The predicted octanol–water partition coefficient (Wildman–Crippen LogP) is 5.14. The molecule has 0 saturated heterocycles. The number of carbonyl (C=O) groups is 1. The molecule has 0 N–H and O–H groups in total. The molecule has 0 aliphatic carbocycles. The molecule has 0 aromatic heterocycles. The molecule has 0 spiro atoms. The fourth-order valence-electron chi connectivity index (χ4n) is 2.11. The Hall–Kier alpha value is -1.61. The number of ketones is 1. The van der Waals surface area contributed by atoms with Crippen molar-refractivity contribution in [1.82, 2.24) is 0 Å². The summed E-state index contributed by atoms with van der Waals surface area (Å²) in [5.41, 5.74) is 2.92. The Morgan fingerprint density at radius 2 is 1.81 bits per heavy atom. The third-order valence-electron chi connectivity index (χ3n) is 3.32. The van der Waals surface area contributed by atoms with Gasteiger partial charge in [-0.05, 0) is 42.2 Å². The zero-order valence-electron chi connectivity index (χ0n) is 12.5. The van der Waals surface area contributed by atoms with Gasteiger partial charge >= 0.3 is 0 Å². The van der Waals surface area contributed by atoms with Crippen LogP contribution in [0, 0.1) is 6.92 Å². The first kappa shape index (κ1) is 15.8. The van der Waals surface area contributed by atoms with Crippen molar-refractivity contribution in [2.75, 3.05) is 6.61 Å². The van der Waals surface area contributed by atoms with Gasteiger partial charge in [0.15, 0.2) is 12.4 Å². The van der Waals surface area contributed by atoms with E-state index in [2.05, 4.69) is 41.9 Å². The van der Waals surface area contributed by atoms with E-state index >= 15 is 0 Å². The Kier molecular flexibility index (Phi) is 5.18. The van der Waals surface area contributed by atoms with Gasteiger partial charge in [-0.1, -0.05) is 54.0 Å². The second-order valence-electron chi connectivity index (χ2n) is 5.41. The molecule has 0 saturated carbocycles. The number of aryl methyl sites for hydroxylation is 1. The number of rotatable bonds is 5. The molecule has 0 fully saturated rings. The number of carbonyl (C=O) groups excluding carboxylic acids is 1. The van der Waals surface area contributed by atoms with Crippen LogP contribution in [0.15, 0.2) is 46.9 Å². The minimum atomic E-state index is -0.0151. The largest absolute Gasteiger partial charge is 0.485 e. The van der Waals surface area contributed by atoms with Gasteiger partial charge in [0.05, 0.1) is 0 Å². The first-order valence-corrected chi connectivity index (χ1v) is 7.79. The Morgan fingerprint density at radius 3 is 2.43 bits per heavy atom. The molecule has 0 heterocycles. The van der Waals surface area contributed by atoms with Gasteiger partial charge in [0.2, 0.25) is 0 Å².